The summed E-state index contributed by atoms with van der Waals surface area (Å²) in [5.41, 5.74) is -0.580. The highest BCUT2D eigenvalue weighted by atomic mass is 19.4. The van der Waals surface area contributed by atoms with Gasteiger partial charge in [0, 0.05) is 41.0 Å². The van der Waals surface area contributed by atoms with E-state index in [2.05, 4.69) is 0 Å². The first-order chi connectivity index (χ1) is 28.1. The van der Waals surface area contributed by atoms with Crippen molar-refractivity contribution in [1.29, 1.82) is 0 Å². The number of phenols is 2. The average Bonchev–Trinajstić information content (AvgIpc) is 3.23. The van der Waals surface area contributed by atoms with Gasteiger partial charge in [-0.1, -0.05) is 86.6 Å². The van der Waals surface area contributed by atoms with E-state index in [1.807, 2.05) is 72.9 Å². The lowest BCUT2D eigenvalue weighted by Gasteiger charge is -2.42. The molecule has 1 aliphatic heterocycles. The Morgan fingerprint density at radius 3 is 2.07 bits per heavy atom. The number of benzene rings is 4. The van der Waals surface area contributed by atoms with Crippen molar-refractivity contribution < 1.29 is 61.5 Å². The van der Waals surface area contributed by atoms with Gasteiger partial charge in [-0.25, -0.2) is 0 Å². The standard InChI is InChI=1S/C45H44F3NO10/c1-5-44(26-13-8-6-9-14-26,27-15-10-7-11-16-27)57-22-31(50)25-19-29-36(33(20-25)59-34-21-30(23(2)24(3)58-34)49-43(55)45(46,47)48)42(54)38-37(40(29)52)39(51)28-17-12-18-32(56-4)35(28)41(38)53/h6-18,23-25,30,33-34,52,54H,5,19-22H2,1-4H3,(H,49,55)/t23-,24+,25-,30+,33+,34+/m1/s1. The lowest BCUT2D eigenvalue weighted by molar-refractivity contribution is -0.235. The predicted octanol–water partition coefficient (Wildman–Crippen LogP) is 7.26. The molecule has 0 bridgehead atoms. The molecule has 6 atom stereocenters. The first-order valence-corrected chi connectivity index (χ1v) is 19.4. The summed E-state index contributed by atoms with van der Waals surface area (Å²) in [6.45, 7) is 4.78. The summed E-state index contributed by atoms with van der Waals surface area (Å²) in [5.74, 6) is -6.79. The largest absolute Gasteiger partial charge is 0.507 e. The van der Waals surface area contributed by atoms with Gasteiger partial charge in [-0.2, -0.15) is 13.2 Å². The van der Waals surface area contributed by atoms with Crippen molar-refractivity contribution >= 4 is 23.3 Å². The number of carbonyl (C=O) groups is 4. The third-order valence-electron chi connectivity index (χ3n) is 12.0. The number of alkyl halides is 3. The number of hydrogen-bond donors (Lipinski definition) is 3. The van der Waals surface area contributed by atoms with Gasteiger partial charge in [0.25, 0.3) is 0 Å². The normalized spacial score (nSPS) is 22.8. The second-order valence-corrected chi connectivity index (χ2v) is 15.3. The van der Waals surface area contributed by atoms with Crippen LogP contribution in [0.2, 0.25) is 0 Å². The number of rotatable bonds is 11. The van der Waals surface area contributed by atoms with Crippen molar-refractivity contribution in [2.45, 2.75) is 82.8 Å². The number of phenolic OH excluding ortho intramolecular Hbond substituents is 2. The van der Waals surface area contributed by atoms with E-state index >= 15 is 0 Å². The number of hydrogen-bond acceptors (Lipinski definition) is 10. The van der Waals surface area contributed by atoms with Crippen LogP contribution in [-0.2, 0) is 35.8 Å². The van der Waals surface area contributed by atoms with Crippen molar-refractivity contribution in [2.75, 3.05) is 13.7 Å². The minimum atomic E-state index is -5.14. The van der Waals surface area contributed by atoms with Crippen LogP contribution in [0.1, 0.15) is 100 Å². The van der Waals surface area contributed by atoms with Crippen molar-refractivity contribution in [2.24, 2.45) is 11.8 Å². The molecule has 310 valence electrons. The fourth-order valence-electron chi connectivity index (χ4n) is 8.70. The Balaban J connectivity index is 1.28. The van der Waals surface area contributed by atoms with Gasteiger partial charge in [-0.15, -0.1) is 0 Å². The number of ether oxygens (including phenoxy) is 4. The van der Waals surface area contributed by atoms with Crippen molar-refractivity contribution in [3.05, 3.63) is 123 Å². The van der Waals surface area contributed by atoms with Crippen LogP contribution < -0.4 is 10.1 Å². The smallest absolute Gasteiger partial charge is 0.471 e. The van der Waals surface area contributed by atoms with Gasteiger partial charge in [-0.05, 0) is 43.4 Å². The molecule has 3 aliphatic rings. The van der Waals surface area contributed by atoms with E-state index in [4.69, 9.17) is 18.9 Å². The zero-order valence-electron chi connectivity index (χ0n) is 32.8. The molecule has 4 aromatic carbocycles. The van der Waals surface area contributed by atoms with Gasteiger partial charge >= 0.3 is 12.1 Å². The van der Waals surface area contributed by atoms with Crippen LogP contribution in [0.5, 0.6) is 17.2 Å². The molecule has 1 amide bonds. The molecule has 4 aromatic rings. The molecule has 1 saturated heterocycles. The Bertz CT molecular complexity index is 2240. The van der Waals surface area contributed by atoms with Gasteiger partial charge in [-0.3, -0.25) is 19.2 Å². The molecule has 0 unspecified atom stereocenters. The van der Waals surface area contributed by atoms with Crippen LogP contribution in [0.25, 0.3) is 0 Å². The van der Waals surface area contributed by atoms with E-state index in [1.54, 1.807) is 13.8 Å². The molecule has 1 heterocycles. The maximum Gasteiger partial charge on any atom is 0.471 e. The molecule has 3 N–H and O–H groups in total. The number of carbonyl (C=O) groups excluding carboxylic acids is 4. The molecule has 0 aromatic heterocycles. The summed E-state index contributed by atoms with van der Waals surface area (Å²) >= 11 is 0. The van der Waals surface area contributed by atoms with Gasteiger partial charge in [0.1, 0.15) is 29.5 Å². The van der Waals surface area contributed by atoms with Gasteiger partial charge < -0.3 is 34.5 Å². The molecule has 0 spiro atoms. The highest BCUT2D eigenvalue weighted by Crippen LogP contribution is 2.52. The molecule has 2 aliphatic carbocycles. The second-order valence-electron chi connectivity index (χ2n) is 15.3. The Hall–Kier alpha value is -5.57. The monoisotopic (exact) mass is 815 g/mol. The highest BCUT2D eigenvalue weighted by molar-refractivity contribution is 6.31. The average molecular weight is 816 g/mol. The van der Waals surface area contributed by atoms with Crippen molar-refractivity contribution in [3.8, 4) is 17.2 Å². The fraction of sp³-hybridized carbons (Fsp3) is 0.378. The van der Waals surface area contributed by atoms with Gasteiger partial charge in [0.2, 0.25) is 5.78 Å². The number of fused-ring (bicyclic) bond motifs is 3. The minimum Gasteiger partial charge on any atom is -0.507 e. The summed E-state index contributed by atoms with van der Waals surface area (Å²) in [4.78, 5) is 54.6. The predicted molar refractivity (Wildman–Crippen MR) is 206 cm³/mol. The summed E-state index contributed by atoms with van der Waals surface area (Å²) in [5, 5.41) is 26.0. The van der Waals surface area contributed by atoms with E-state index in [1.165, 1.54) is 25.3 Å². The molecule has 0 radical (unpaired) electrons. The van der Waals surface area contributed by atoms with Crippen LogP contribution in [0.4, 0.5) is 13.2 Å². The molecule has 7 rings (SSSR count). The van der Waals surface area contributed by atoms with Gasteiger partial charge in [0.15, 0.2) is 17.9 Å². The fourth-order valence-corrected chi connectivity index (χ4v) is 8.70. The zero-order chi connectivity index (χ0) is 42.4. The summed E-state index contributed by atoms with van der Waals surface area (Å²) in [6.07, 6.45) is -8.53. The summed E-state index contributed by atoms with van der Waals surface area (Å²) in [6, 6.07) is 22.2. The maximum absolute atomic E-state index is 14.4. The van der Waals surface area contributed by atoms with E-state index < -0.39 is 101 Å². The van der Waals surface area contributed by atoms with Gasteiger partial charge in [0.05, 0.1) is 36.0 Å². The topological polar surface area (TPSA) is 158 Å². The number of amides is 1. The molecule has 11 nitrogen and oxygen atoms in total. The molecular formula is C45H44F3NO10. The Kier molecular flexibility index (Phi) is 11.4. The number of ketones is 3. The Morgan fingerprint density at radius 2 is 1.47 bits per heavy atom. The number of nitrogens with one attached hydrogen (secondary N) is 1. The Morgan fingerprint density at radius 1 is 0.847 bits per heavy atom. The van der Waals surface area contributed by atoms with Crippen molar-refractivity contribution in [3.63, 3.8) is 0 Å². The quantitative estimate of drug-likeness (QED) is 0.116. The third-order valence-corrected chi connectivity index (χ3v) is 12.0. The molecule has 14 heteroatoms. The SMILES string of the molecule is CCC(OCC(=O)[C@@H]1Cc2c(O)c3c(c(O)c2[C@@H](O[C@H]2C[C@H](NC(=O)C(F)(F)F)[C@H](C)[C@H](C)O2)C1)C(=O)c1c(OC)cccc1C3=O)(c1ccccc1)c1ccccc1. The molecule has 1 fully saturated rings. The number of methoxy groups -OCH3 is 1. The molecular weight excluding hydrogens is 771 g/mol. The van der Waals surface area contributed by atoms with Crippen LogP contribution in [-0.4, -0.2) is 71.8 Å². The van der Waals surface area contributed by atoms with Crippen LogP contribution >= 0.6 is 0 Å². The van der Waals surface area contributed by atoms with Crippen LogP contribution in [0, 0.1) is 11.8 Å². The summed E-state index contributed by atoms with van der Waals surface area (Å²) in [7, 11) is 1.32. The molecule has 0 saturated carbocycles. The molecule has 59 heavy (non-hydrogen) atoms. The highest BCUT2D eigenvalue weighted by Gasteiger charge is 2.47. The van der Waals surface area contributed by atoms with E-state index in [-0.39, 0.29) is 47.3 Å². The van der Waals surface area contributed by atoms with E-state index in [0.29, 0.717) is 6.42 Å². The zero-order valence-corrected chi connectivity index (χ0v) is 32.8. The van der Waals surface area contributed by atoms with Crippen LogP contribution in [0.3, 0.4) is 0 Å². The third kappa shape index (κ3) is 7.49. The minimum absolute atomic E-state index is 0.0182. The second kappa shape index (κ2) is 16.2. The number of aromatic hydroxyl groups is 2. The van der Waals surface area contributed by atoms with Crippen molar-refractivity contribution in [1.82, 2.24) is 5.32 Å². The Labute approximate surface area is 338 Å². The number of halogens is 3. The first-order valence-electron chi connectivity index (χ1n) is 19.4. The first kappa shape index (κ1) is 41.6. The maximum atomic E-state index is 14.4. The lowest BCUT2D eigenvalue weighted by atomic mass is 9.73. The summed E-state index contributed by atoms with van der Waals surface area (Å²) < 4.78 is 64.5. The number of Topliss-reactive ketones (excluding diaryl/α,β-unsaturated/α-hetero) is 1. The van der Waals surface area contributed by atoms with Crippen LogP contribution in [0.15, 0.2) is 78.9 Å². The lowest BCUT2D eigenvalue weighted by Crippen LogP contribution is -2.53. The van der Waals surface area contributed by atoms with E-state index in [9.17, 15) is 42.6 Å². The van der Waals surface area contributed by atoms with E-state index in [0.717, 1.165) is 11.1 Å².